The Morgan fingerprint density at radius 1 is 1.62 bits per heavy atom. The third-order valence-corrected chi connectivity index (χ3v) is 2.58. The van der Waals surface area contributed by atoms with Crippen LogP contribution in [0.4, 0.5) is 0 Å². The summed E-state index contributed by atoms with van der Waals surface area (Å²) in [5.74, 6) is -0.0950. The lowest BCUT2D eigenvalue weighted by Gasteiger charge is -2.26. The van der Waals surface area contributed by atoms with Crippen LogP contribution in [0.25, 0.3) is 0 Å². The Morgan fingerprint density at radius 2 is 2.23 bits per heavy atom. The summed E-state index contributed by atoms with van der Waals surface area (Å²) in [6.07, 6.45) is 0. The van der Waals surface area contributed by atoms with Crippen LogP contribution in [0.5, 0.6) is 0 Å². The van der Waals surface area contributed by atoms with E-state index in [4.69, 9.17) is 9.57 Å². The van der Waals surface area contributed by atoms with E-state index in [2.05, 4.69) is 0 Å². The van der Waals surface area contributed by atoms with Crippen LogP contribution in [0.2, 0.25) is 0 Å². The second-order valence-electron chi connectivity index (χ2n) is 4.07. The first-order chi connectivity index (χ1) is 5.99. The van der Waals surface area contributed by atoms with E-state index >= 15 is 0 Å². The van der Waals surface area contributed by atoms with Crippen LogP contribution in [0, 0.1) is 11.3 Å². The van der Waals surface area contributed by atoms with Crippen molar-refractivity contribution in [2.75, 3.05) is 27.4 Å². The standard InChI is InChI=1S/C9H17NO3/c1-9(2)6-13-5-7(9)8(11)10(3)12-4/h7H,5-6H2,1-4H3. The summed E-state index contributed by atoms with van der Waals surface area (Å²) >= 11 is 0. The summed E-state index contributed by atoms with van der Waals surface area (Å²) in [6.45, 7) is 5.21. The van der Waals surface area contributed by atoms with Gasteiger partial charge in [0.1, 0.15) is 0 Å². The number of amides is 1. The SMILES string of the molecule is CON(C)C(=O)C1COCC1(C)C. The molecule has 1 fully saturated rings. The zero-order valence-corrected chi connectivity index (χ0v) is 8.66. The fraction of sp³-hybridized carbons (Fsp3) is 0.889. The van der Waals surface area contributed by atoms with E-state index in [1.807, 2.05) is 13.8 Å². The molecule has 13 heavy (non-hydrogen) atoms. The summed E-state index contributed by atoms with van der Waals surface area (Å²) in [5.41, 5.74) is -0.0795. The lowest BCUT2D eigenvalue weighted by atomic mass is 9.81. The maximum absolute atomic E-state index is 11.7. The van der Waals surface area contributed by atoms with Gasteiger partial charge >= 0.3 is 0 Å². The van der Waals surface area contributed by atoms with Gasteiger partial charge in [-0.05, 0) is 0 Å². The van der Waals surface area contributed by atoms with Crippen LogP contribution in [0.1, 0.15) is 13.8 Å². The quantitative estimate of drug-likeness (QED) is 0.597. The Hall–Kier alpha value is -0.610. The van der Waals surface area contributed by atoms with Crippen molar-refractivity contribution in [3.05, 3.63) is 0 Å². The van der Waals surface area contributed by atoms with Crippen molar-refractivity contribution in [1.29, 1.82) is 0 Å². The molecule has 0 saturated carbocycles. The first-order valence-electron chi connectivity index (χ1n) is 4.38. The molecule has 0 radical (unpaired) electrons. The molecule has 1 heterocycles. The second-order valence-corrected chi connectivity index (χ2v) is 4.07. The zero-order valence-electron chi connectivity index (χ0n) is 8.66. The van der Waals surface area contributed by atoms with Gasteiger partial charge in [0, 0.05) is 12.5 Å². The van der Waals surface area contributed by atoms with Gasteiger partial charge in [-0.15, -0.1) is 0 Å². The van der Waals surface area contributed by atoms with Crippen LogP contribution in [-0.4, -0.2) is 38.3 Å². The van der Waals surface area contributed by atoms with E-state index in [1.165, 1.54) is 12.2 Å². The normalized spacial score (nSPS) is 26.0. The summed E-state index contributed by atoms with van der Waals surface area (Å²) in [4.78, 5) is 16.6. The van der Waals surface area contributed by atoms with E-state index < -0.39 is 0 Å². The number of hydroxylamine groups is 2. The summed E-state index contributed by atoms with van der Waals surface area (Å²) in [6, 6.07) is 0. The van der Waals surface area contributed by atoms with Gasteiger partial charge < -0.3 is 4.74 Å². The van der Waals surface area contributed by atoms with Gasteiger partial charge in [-0.2, -0.15) is 0 Å². The van der Waals surface area contributed by atoms with Crippen LogP contribution in [-0.2, 0) is 14.4 Å². The van der Waals surface area contributed by atoms with Crippen molar-refractivity contribution < 1.29 is 14.4 Å². The third kappa shape index (κ3) is 2.00. The molecule has 76 valence electrons. The Labute approximate surface area is 78.8 Å². The first kappa shape index (κ1) is 10.5. The van der Waals surface area contributed by atoms with Crippen LogP contribution in [0.3, 0.4) is 0 Å². The molecule has 1 amide bonds. The van der Waals surface area contributed by atoms with Crippen molar-refractivity contribution in [1.82, 2.24) is 5.06 Å². The second kappa shape index (κ2) is 3.64. The summed E-state index contributed by atoms with van der Waals surface area (Å²) < 4.78 is 5.29. The smallest absolute Gasteiger partial charge is 0.251 e. The molecule has 1 unspecified atom stereocenters. The summed E-state index contributed by atoms with van der Waals surface area (Å²) in [5, 5.41) is 1.26. The zero-order chi connectivity index (χ0) is 10.1. The molecule has 0 aromatic heterocycles. The summed E-state index contributed by atoms with van der Waals surface area (Å²) in [7, 11) is 3.11. The van der Waals surface area contributed by atoms with Gasteiger partial charge in [-0.3, -0.25) is 9.63 Å². The minimum absolute atomic E-state index is 0.00926. The van der Waals surface area contributed by atoms with Gasteiger partial charge in [0.05, 0.1) is 26.2 Å². The number of nitrogens with zero attached hydrogens (tertiary/aromatic N) is 1. The van der Waals surface area contributed by atoms with E-state index in [-0.39, 0.29) is 17.2 Å². The number of ether oxygens (including phenoxy) is 1. The lowest BCUT2D eigenvalue weighted by molar-refractivity contribution is -0.175. The topological polar surface area (TPSA) is 38.8 Å². The predicted molar refractivity (Wildman–Crippen MR) is 47.9 cm³/mol. The Balaban J connectivity index is 2.66. The van der Waals surface area contributed by atoms with Gasteiger partial charge in [0.25, 0.3) is 5.91 Å². The van der Waals surface area contributed by atoms with Crippen molar-refractivity contribution in [3.63, 3.8) is 0 Å². The molecule has 0 aromatic rings. The van der Waals surface area contributed by atoms with Crippen LogP contribution in [0.15, 0.2) is 0 Å². The highest BCUT2D eigenvalue weighted by atomic mass is 16.7. The predicted octanol–water partition coefficient (Wildman–Crippen LogP) is 0.679. The van der Waals surface area contributed by atoms with E-state index in [1.54, 1.807) is 7.05 Å². The molecule has 4 heteroatoms. The molecule has 1 saturated heterocycles. The largest absolute Gasteiger partial charge is 0.380 e. The van der Waals surface area contributed by atoms with E-state index in [0.717, 1.165) is 0 Å². The van der Waals surface area contributed by atoms with Crippen molar-refractivity contribution in [2.45, 2.75) is 13.8 Å². The highest BCUT2D eigenvalue weighted by Gasteiger charge is 2.42. The molecule has 0 aliphatic carbocycles. The number of hydrogen-bond acceptors (Lipinski definition) is 3. The third-order valence-electron chi connectivity index (χ3n) is 2.58. The average molecular weight is 187 g/mol. The Morgan fingerprint density at radius 3 is 2.62 bits per heavy atom. The van der Waals surface area contributed by atoms with E-state index in [9.17, 15) is 4.79 Å². The van der Waals surface area contributed by atoms with Crippen molar-refractivity contribution in [3.8, 4) is 0 Å². The molecule has 0 bridgehead atoms. The monoisotopic (exact) mass is 187 g/mol. The molecule has 1 aliphatic heterocycles. The maximum atomic E-state index is 11.7. The van der Waals surface area contributed by atoms with Gasteiger partial charge in [-0.1, -0.05) is 13.8 Å². The molecule has 1 rings (SSSR count). The maximum Gasteiger partial charge on any atom is 0.251 e. The highest BCUT2D eigenvalue weighted by Crippen LogP contribution is 2.34. The number of carbonyl (C=O) groups is 1. The minimum atomic E-state index is -0.0857. The molecule has 0 N–H and O–H groups in total. The van der Waals surface area contributed by atoms with Gasteiger partial charge in [-0.25, -0.2) is 5.06 Å². The number of carbonyl (C=O) groups excluding carboxylic acids is 1. The lowest BCUT2D eigenvalue weighted by Crippen LogP contribution is -2.39. The Bertz CT molecular complexity index is 203. The van der Waals surface area contributed by atoms with Crippen molar-refractivity contribution in [2.24, 2.45) is 11.3 Å². The van der Waals surface area contributed by atoms with Crippen LogP contribution < -0.4 is 0 Å². The first-order valence-corrected chi connectivity index (χ1v) is 4.38. The molecular weight excluding hydrogens is 170 g/mol. The van der Waals surface area contributed by atoms with Gasteiger partial charge in [0.2, 0.25) is 0 Å². The highest BCUT2D eigenvalue weighted by molar-refractivity contribution is 5.78. The van der Waals surface area contributed by atoms with Crippen molar-refractivity contribution >= 4 is 5.91 Å². The fourth-order valence-electron chi connectivity index (χ4n) is 1.48. The van der Waals surface area contributed by atoms with Crippen LogP contribution >= 0.6 is 0 Å². The average Bonchev–Trinajstić information content (AvgIpc) is 2.42. The number of rotatable bonds is 2. The molecular formula is C9H17NO3. The molecule has 0 aromatic carbocycles. The van der Waals surface area contributed by atoms with E-state index in [0.29, 0.717) is 13.2 Å². The minimum Gasteiger partial charge on any atom is -0.380 e. The van der Waals surface area contributed by atoms with Gasteiger partial charge in [0.15, 0.2) is 0 Å². The molecule has 0 spiro atoms. The molecule has 1 atom stereocenters. The number of hydrogen-bond donors (Lipinski definition) is 0. The molecule has 4 nitrogen and oxygen atoms in total. The molecule has 1 aliphatic rings. The fourth-order valence-corrected chi connectivity index (χ4v) is 1.48. The Kier molecular flexibility index (Phi) is 2.93.